The summed E-state index contributed by atoms with van der Waals surface area (Å²) < 4.78 is 11.2. The van der Waals surface area contributed by atoms with Gasteiger partial charge in [0, 0.05) is 24.9 Å². The van der Waals surface area contributed by atoms with Gasteiger partial charge < -0.3 is 15.2 Å². The van der Waals surface area contributed by atoms with Crippen LogP contribution in [0.4, 0.5) is 0 Å². The Bertz CT molecular complexity index is 293. The van der Waals surface area contributed by atoms with Gasteiger partial charge in [0.15, 0.2) is 5.17 Å². The van der Waals surface area contributed by atoms with Crippen molar-refractivity contribution in [2.24, 2.45) is 16.6 Å². The number of amidine groups is 1. The zero-order valence-electron chi connectivity index (χ0n) is 8.65. The largest absolute Gasteiger partial charge is 0.379 e. The van der Waals surface area contributed by atoms with Gasteiger partial charge in [0.05, 0.1) is 12.7 Å². The zero-order chi connectivity index (χ0) is 10.3. The summed E-state index contributed by atoms with van der Waals surface area (Å²) in [5.74, 6) is 1.65. The van der Waals surface area contributed by atoms with E-state index in [0.717, 1.165) is 31.8 Å². The first-order chi connectivity index (χ1) is 7.31. The van der Waals surface area contributed by atoms with Gasteiger partial charge in [-0.1, -0.05) is 11.8 Å². The number of nitrogens with zero attached hydrogens (tertiary/aromatic N) is 1. The van der Waals surface area contributed by atoms with Crippen molar-refractivity contribution in [1.29, 1.82) is 0 Å². The van der Waals surface area contributed by atoms with Crippen molar-refractivity contribution >= 4 is 16.9 Å². The fourth-order valence-corrected chi connectivity index (χ4v) is 3.72. The molecule has 84 valence electrons. The monoisotopic (exact) mass is 228 g/mol. The Kier molecular flexibility index (Phi) is 2.41. The molecule has 0 aromatic rings. The molecule has 3 aliphatic heterocycles. The predicted octanol–water partition coefficient (Wildman–Crippen LogP) is 0.612. The molecule has 0 aliphatic carbocycles. The van der Waals surface area contributed by atoms with Gasteiger partial charge in [-0.25, -0.2) is 0 Å². The maximum Gasteiger partial charge on any atom is 0.154 e. The lowest BCUT2D eigenvalue weighted by Crippen LogP contribution is -2.61. The third-order valence-corrected chi connectivity index (χ3v) is 4.61. The van der Waals surface area contributed by atoms with E-state index in [1.54, 1.807) is 11.8 Å². The SMILES string of the molecule is NC1=NC2(C3CCO3)COCCC2CS1. The van der Waals surface area contributed by atoms with E-state index in [1.165, 1.54) is 0 Å². The number of nitrogens with two attached hydrogens (primary N) is 1. The molecule has 3 rings (SSSR count). The average Bonchev–Trinajstić information content (AvgIpc) is 2.14. The molecule has 0 spiro atoms. The van der Waals surface area contributed by atoms with E-state index < -0.39 is 0 Å². The minimum absolute atomic E-state index is 0.161. The van der Waals surface area contributed by atoms with Crippen LogP contribution < -0.4 is 5.73 Å². The van der Waals surface area contributed by atoms with Gasteiger partial charge in [-0.15, -0.1) is 0 Å². The van der Waals surface area contributed by atoms with Gasteiger partial charge in [0.2, 0.25) is 0 Å². The van der Waals surface area contributed by atoms with Crippen molar-refractivity contribution in [3.63, 3.8) is 0 Å². The number of ether oxygens (including phenoxy) is 2. The molecule has 3 heterocycles. The van der Waals surface area contributed by atoms with Crippen molar-refractivity contribution in [2.75, 3.05) is 25.6 Å². The Morgan fingerprint density at radius 1 is 1.40 bits per heavy atom. The highest BCUT2D eigenvalue weighted by Gasteiger charge is 2.52. The van der Waals surface area contributed by atoms with Crippen LogP contribution in [0, 0.1) is 5.92 Å². The predicted molar refractivity (Wildman–Crippen MR) is 60.1 cm³/mol. The third kappa shape index (κ3) is 1.48. The second-order valence-electron chi connectivity index (χ2n) is 4.44. The van der Waals surface area contributed by atoms with Crippen LogP contribution in [0.1, 0.15) is 12.8 Å². The minimum atomic E-state index is -0.161. The molecule has 0 aromatic heterocycles. The quantitative estimate of drug-likeness (QED) is 0.714. The van der Waals surface area contributed by atoms with Crippen molar-refractivity contribution in [2.45, 2.75) is 24.5 Å². The molecule has 2 N–H and O–H groups in total. The molecule has 3 unspecified atom stereocenters. The lowest BCUT2D eigenvalue weighted by atomic mass is 9.75. The van der Waals surface area contributed by atoms with E-state index in [0.29, 0.717) is 17.7 Å². The summed E-state index contributed by atoms with van der Waals surface area (Å²) in [5.41, 5.74) is 5.68. The molecule has 2 saturated heterocycles. The number of hydrogen-bond acceptors (Lipinski definition) is 5. The van der Waals surface area contributed by atoms with Crippen LogP contribution in [0.25, 0.3) is 0 Å². The number of hydrogen-bond donors (Lipinski definition) is 1. The summed E-state index contributed by atoms with van der Waals surface area (Å²) in [5, 5.41) is 0.701. The Hall–Kier alpha value is -0.260. The molecule has 0 saturated carbocycles. The number of aliphatic imine (C=N–C) groups is 1. The van der Waals surface area contributed by atoms with Crippen LogP contribution in [-0.2, 0) is 9.47 Å². The average molecular weight is 228 g/mol. The van der Waals surface area contributed by atoms with Crippen LogP contribution >= 0.6 is 11.8 Å². The molecule has 15 heavy (non-hydrogen) atoms. The standard InChI is InChI=1S/C10H16N2O2S/c11-9-12-10(8-2-4-14-8)6-13-3-1-7(10)5-15-9/h7-8H,1-6H2,(H2,11,12). The molecule has 0 bridgehead atoms. The van der Waals surface area contributed by atoms with Gasteiger partial charge in [-0.2, -0.15) is 0 Å². The van der Waals surface area contributed by atoms with E-state index in [4.69, 9.17) is 15.2 Å². The second kappa shape index (κ2) is 3.64. The van der Waals surface area contributed by atoms with E-state index in [-0.39, 0.29) is 11.6 Å². The fourth-order valence-electron chi connectivity index (χ4n) is 2.66. The van der Waals surface area contributed by atoms with Crippen molar-refractivity contribution in [1.82, 2.24) is 0 Å². The topological polar surface area (TPSA) is 56.8 Å². The number of thioether (sulfide) groups is 1. The summed E-state index contributed by atoms with van der Waals surface area (Å²) in [6.07, 6.45) is 2.42. The van der Waals surface area contributed by atoms with Gasteiger partial charge >= 0.3 is 0 Å². The van der Waals surface area contributed by atoms with Crippen molar-refractivity contribution < 1.29 is 9.47 Å². The lowest BCUT2D eigenvalue weighted by Gasteiger charge is -2.50. The maximum atomic E-state index is 5.85. The Balaban J connectivity index is 1.92. The molecule has 2 fully saturated rings. The summed E-state index contributed by atoms with van der Waals surface area (Å²) in [6.45, 7) is 2.40. The van der Waals surface area contributed by atoms with Crippen LogP contribution in [0.3, 0.4) is 0 Å². The zero-order valence-corrected chi connectivity index (χ0v) is 9.46. The third-order valence-electron chi connectivity index (χ3n) is 3.66. The minimum Gasteiger partial charge on any atom is -0.379 e. The molecular weight excluding hydrogens is 212 g/mol. The van der Waals surface area contributed by atoms with Gasteiger partial charge in [-0.05, 0) is 12.8 Å². The molecule has 0 radical (unpaired) electrons. The lowest BCUT2D eigenvalue weighted by molar-refractivity contribution is -0.143. The Labute approximate surface area is 93.6 Å². The summed E-state index contributed by atoms with van der Waals surface area (Å²) in [7, 11) is 0. The van der Waals surface area contributed by atoms with Crippen LogP contribution in [0.15, 0.2) is 4.99 Å². The first kappa shape index (κ1) is 9.93. The Morgan fingerprint density at radius 2 is 2.27 bits per heavy atom. The first-order valence-electron chi connectivity index (χ1n) is 5.49. The molecule has 0 amide bonds. The molecule has 3 aliphatic rings. The van der Waals surface area contributed by atoms with Gasteiger partial charge in [0.25, 0.3) is 0 Å². The second-order valence-corrected chi connectivity index (χ2v) is 5.48. The van der Waals surface area contributed by atoms with E-state index in [1.807, 2.05) is 0 Å². The van der Waals surface area contributed by atoms with Crippen LogP contribution in [0.5, 0.6) is 0 Å². The van der Waals surface area contributed by atoms with Gasteiger partial charge in [0.1, 0.15) is 5.54 Å². The normalized spacial score (nSPS) is 45.2. The fraction of sp³-hybridized carbons (Fsp3) is 0.900. The highest BCUT2D eigenvalue weighted by atomic mass is 32.2. The van der Waals surface area contributed by atoms with E-state index >= 15 is 0 Å². The highest BCUT2D eigenvalue weighted by molar-refractivity contribution is 8.13. The number of rotatable bonds is 1. The highest BCUT2D eigenvalue weighted by Crippen LogP contribution is 2.43. The molecule has 3 atom stereocenters. The summed E-state index contributed by atoms with van der Waals surface area (Å²) in [4.78, 5) is 4.67. The van der Waals surface area contributed by atoms with Gasteiger partial charge in [-0.3, -0.25) is 4.99 Å². The summed E-state index contributed by atoms with van der Waals surface area (Å²) >= 11 is 1.67. The maximum absolute atomic E-state index is 5.85. The molecule has 4 nitrogen and oxygen atoms in total. The molecule has 0 aromatic carbocycles. The first-order valence-corrected chi connectivity index (χ1v) is 6.47. The molecular formula is C10H16N2O2S. The van der Waals surface area contributed by atoms with Crippen molar-refractivity contribution in [3.05, 3.63) is 0 Å². The Morgan fingerprint density at radius 3 is 3.00 bits per heavy atom. The van der Waals surface area contributed by atoms with E-state index in [9.17, 15) is 0 Å². The van der Waals surface area contributed by atoms with Crippen LogP contribution in [-0.4, -0.2) is 42.4 Å². The summed E-state index contributed by atoms with van der Waals surface area (Å²) in [6, 6.07) is 0. The number of fused-ring (bicyclic) bond motifs is 1. The smallest absolute Gasteiger partial charge is 0.154 e. The molecule has 5 heteroatoms. The van der Waals surface area contributed by atoms with E-state index in [2.05, 4.69) is 4.99 Å². The van der Waals surface area contributed by atoms with Crippen LogP contribution in [0.2, 0.25) is 0 Å². The van der Waals surface area contributed by atoms with Crippen molar-refractivity contribution in [3.8, 4) is 0 Å².